The Balaban J connectivity index is 2.44. The number of anilines is 1. The highest BCUT2D eigenvalue weighted by molar-refractivity contribution is 9.10. The molecule has 17 heavy (non-hydrogen) atoms. The highest BCUT2D eigenvalue weighted by Gasteiger charge is 2.08. The second-order valence-electron chi connectivity index (χ2n) is 4.19. The van der Waals surface area contributed by atoms with E-state index in [-0.39, 0.29) is 0 Å². The molecule has 1 heterocycles. The average Bonchev–Trinajstić information content (AvgIpc) is 2.36. The van der Waals surface area contributed by atoms with Gasteiger partial charge in [0.15, 0.2) is 0 Å². The summed E-state index contributed by atoms with van der Waals surface area (Å²) in [7, 11) is 0. The van der Waals surface area contributed by atoms with Crippen molar-refractivity contribution in [3.63, 3.8) is 0 Å². The Bertz CT molecular complexity index is 523. The van der Waals surface area contributed by atoms with Crippen LogP contribution in [-0.4, -0.2) is 11.5 Å². The van der Waals surface area contributed by atoms with Crippen LogP contribution >= 0.6 is 15.9 Å². The number of fused-ring (bicyclic) bond motifs is 1. The van der Waals surface area contributed by atoms with E-state index in [2.05, 4.69) is 57.4 Å². The molecule has 0 aliphatic carbocycles. The minimum absolute atomic E-state index is 0.981. The molecule has 90 valence electrons. The summed E-state index contributed by atoms with van der Waals surface area (Å²) in [4.78, 5) is 4.61. The van der Waals surface area contributed by atoms with Crippen LogP contribution in [0.1, 0.15) is 25.5 Å². The van der Waals surface area contributed by atoms with Gasteiger partial charge in [0, 0.05) is 21.8 Å². The van der Waals surface area contributed by atoms with Crippen LogP contribution in [0.3, 0.4) is 0 Å². The van der Waals surface area contributed by atoms with Gasteiger partial charge in [0.1, 0.15) is 5.82 Å². The van der Waals surface area contributed by atoms with E-state index in [0.717, 1.165) is 22.5 Å². The summed E-state index contributed by atoms with van der Waals surface area (Å²) < 4.78 is 1.09. The lowest BCUT2D eigenvalue weighted by molar-refractivity contribution is 0.831. The van der Waals surface area contributed by atoms with Crippen molar-refractivity contribution in [2.75, 3.05) is 11.9 Å². The molecule has 3 heteroatoms. The van der Waals surface area contributed by atoms with E-state index in [0.29, 0.717) is 0 Å². The summed E-state index contributed by atoms with van der Waals surface area (Å²) in [5.41, 5.74) is 1.03. The molecule has 0 fully saturated rings. The molecule has 0 saturated carbocycles. The van der Waals surface area contributed by atoms with Crippen LogP contribution in [0, 0.1) is 6.92 Å². The summed E-state index contributed by atoms with van der Waals surface area (Å²) in [5, 5.41) is 5.83. The van der Waals surface area contributed by atoms with Crippen molar-refractivity contribution >= 4 is 32.5 Å². The maximum Gasteiger partial charge on any atom is 0.134 e. The van der Waals surface area contributed by atoms with Crippen LogP contribution in [0.4, 0.5) is 5.82 Å². The first-order valence-corrected chi connectivity index (χ1v) is 6.82. The maximum atomic E-state index is 4.61. The number of benzene rings is 1. The fourth-order valence-corrected chi connectivity index (χ4v) is 2.31. The maximum absolute atomic E-state index is 4.61. The first kappa shape index (κ1) is 12.4. The number of halogens is 1. The van der Waals surface area contributed by atoms with Crippen LogP contribution < -0.4 is 5.32 Å². The van der Waals surface area contributed by atoms with Gasteiger partial charge >= 0.3 is 0 Å². The number of hydrogen-bond donors (Lipinski definition) is 1. The Hall–Kier alpha value is -1.09. The van der Waals surface area contributed by atoms with Gasteiger partial charge in [-0.3, -0.25) is 0 Å². The third kappa shape index (κ3) is 2.60. The zero-order valence-electron chi connectivity index (χ0n) is 10.3. The molecule has 1 aromatic carbocycles. The summed E-state index contributed by atoms with van der Waals surface area (Å²) >= 11 is 3.61. The number of nitrogens with zero attached hydrogens (tertiary/aromatic N) is 1. The molecule has 1 N–H and O–H groups in total. The molecule has 1 aromatic heterocycles. The van der Waals surface area contributed by atoms with Crippen LogP contribution in [0.5, 0.6) is 0 Å². The van der Waals surface area contributed by atoms with E-state index < -0.39 is 0 Å². The predicted molar refractivity (Wildman–Crippen MR) is 77.6 cm³/mol. The van der Waals surface area contributed by atoms with Crippen molar-refractivity contribution in [2.24, 2.45) is 0 Å². The number of pyridine rings is 1. The first-order chi connectivity index (χ1) is 8.24. The summed E-state index contributed by atoms with van der Waals surface area (Å²) in [6.45, 7) is 5.20. The highest BCUT2D eigenvalue weighted by Crippen LogP contribution is 2.30. The second-order valence-corrected chi connectivity index (χ2v) is 4.98. The molecule has 0 bridgehead atoms. The van der Waals surface area contributed by atoms with Crippen molar-refractivity contribution in [1.82, 2.24) is 4.98 Å². The number of aryl methyl sites for hydroxylation is 1. The van der Waals surface area contributed by atoms with Crippen LogP contribution in [0.2, 0.25) is 0 Å². The molecule has 0 atom stereocenters. The number of aromatic nitrogens is 1. The van der Waals surface area contributed by atoms with Crippen molar-refractivity contribution in [1.29, 1.82) is 0 Å². The van der Waals surface area contributed by atoms with E-state index in [1.807, 2.05) is 6.92 Å². The fraction of sp³-hybridized carbons (Fsp3) is 0.357. The molecular weight excluding hydrogens is 276 g/mol. The summed E-state index contributed by atoms with van der Waals surface area (Å²) in [6, 6.07) is 8.35. The van der Waals surface area contributed by atoms with E-state index in [1.54, 1.807) is 0 Å². The van der Waals surface area contributed by atoms with Crippen LogP contribution in [-0.2, 0) is 0 Å². The lowest BCUT2D eigenvalue weighted by Gasteiger charge is -2.11. The third-order valence-corrected chi connectivity index (χ3v) is 3.84. The van der Waals surface area contributed by atoms with E-state index >= 15 is 0 Å². The minimum atomic E-state index is 0.981. The Morgan fingerprint density at radius 2 is 1.94 bits per heavy atom. The molecule has 2 aromatic rings. The van der Waals surface area contributed by atoms with E-state index in [4.69, 9.17) is 0 Å². The molecular formula is C14H17BrN2. The monoisotopic (exact) mass is 292 g/mol. The van der Waals surface area contributed by atoms with Gasteiger partial charge in [-0.05, 0) is 29.3 Å². The Labute approximate surface area is 111 Å². The zero-order chi connectivity index (χ0) is 12.3. The lowest BCUT2D eigenvalue weighted by atomic mass is 10.1. The molecule has 0 radical (unpaired) electrons. The molecule has 0 aliphatic rings. The van der Waals surface area contributed by atoms with E-state index in [1.165, 1.54) is 23.6 Å². The molecule has 0 saturated heterocycles. The van der Waals surface area contributed by atoms with Crippen molar-refractivity contribution in [3.8, 4) is 0 Å². The summed E-state index contributed by atoms with van der Waals surface area (Å²) in [6.07, 6.45) is 2.37. The van der Waals surface area contributed by atoms with E-state index in [9.17, 15) is 0 Å². The highest BCUT2D eigenvalue weighted by atomic mass is 79.9. The van der Waals surface area contributed by atoms with Crippen molar-refractivity contribution < 1.29 is 0 Å². The van der Waals surface area contributed by atoms with Gasteiger partial charge in [0.05, 0.1) is 5.69 Å². The van der Waals surface area contributed by atoms with Gasteiger partial charge in [0.25, 0.3) is 0 Å². The third-order valence-electron chi connectivity index (χ3n) is 2.84. The van der Waals surface area contributed by atoms with Crippen LogP contribution in [0.15, 0.2) is 28.7 Å². The molecule has 0 unspecified atom stereocenters. The largest absolute Gasteiger partial charge is 0.370 e. The smallest absolute Gasteiger partial charge is 0.134 e. The van der Waals surface area contributed by atoms with Gasteiger partial charge in [-0.25, -0.2) is 4.98 Å². The molecule has 2 nitrogen and oxygen atoms in total. The normalized spacial score (nSPS) is 10.8. The standard InChI is InChI=1S/C14H17BrN2/c1-3-4-9-16-14-12-8-6-5-7-11(12)13(15)10(2)17-14/h5-8H,3-4,9H2,1-2H3,(H,16,17). The molecule has 0 spiro atoms. The van der Waals surface area contributed by atoms with Gasteiger partial charge in [-0.2, -0.15) is 0 Å². The zero-order valence-corrected chi connectivity index (χ0v) is 11.8. The predicted octanol–water partition coefficient (Wildman–Crippen LogP) is 4.52. The minimum Gasteiger partial charge on any atom is -0.370 e. The number of rotatable bonds is 4. The lowest BCUT2D eigenvalue weighted by Crippen LogP contribution is -2.04. The number of unbranched alkanes of at least 4 members (excludes halogenated alkanes) is 1. The molecule has 0 aliphatic heterocycles. The van der Waals surface area contributed by atoms with Crippen molar-refractivity contribution in [2.45, 2.75) is 26.7 Å². The summed E-state index contributed by atoms with van der Waals surface area (Å²) in [5.74, 6) is 0.995. The Kier molecular flexibility index (Phi) is 4.00. The van der Waals surface area contributed by atoms with Gasteiger partial charge in [0.2, 0.25) is 0 Å². The van der Waals surface area contributed by atoms with Gasteiger partial charge in [-0.15, -0.1) is 0 Å². The SMILES string of the molecule is CCCCNc1nc(C)c(Br)c2ccccc12. The van der Waals surface area contributed by atoms with Crippen LogP contribution in [0.25, 0.3) is 10.8 Å². The Morgan fingerprint density at radius 3 is 2.65 bits per heavy atom. The second kappa shape index (κ2) is 5.50. The Morgan fingerprint density at radius 1 is 1.24 bits per heavy atom. The first-order valence-electron chi connectivity index (χ1n) is 6.02. The van der Waals surface area contributed by atoms with Gasteiger partial charge in [-0.1, -0.05) is 37.6 Å². The van der Waals surface area contributed by atoms with Crippen molar-refractivity contribution in [3.05, 3.63) is 34.4 Å². The number of hydrogen-bond acceptors (Lipinski definition) is 2. The topological polar surface area (TPSA) is 24.9 Å². The van der Waals surface area contributed by atoms with Gasteiger partial charge < -0.3 is 5.32 Å². The molecule has 0 amide bonds. The average molecular weight is 293 g/mol. The fourth-order valence-electron chi connectivity index (χ4n) is 1.87. The quantitative estimate of drug-likeness (QED) is 0.838. The molecule has 2 rings (SSSR count). The number of nitrogens with one attached hydrogen (secondary N) is 1.